The molecule has 1 atom stereocenters. The Labute approximate surface area is 171 Å². The van der Waals surface area contributed by atoms with Gasteiger partial charge in [0.05, 0.1) is 12.7 Å². The molecular weight excluding hydrogens is 447 g/mol. The summed E-state index contributed by atoms with van der Waals surface area (Å²) in [5.41, 5.74) is -0.0292. The Morgan fingerprint density at radius 1 is 1.36 bits per heavy atom. The monoisotopic (exact) mass is 476 g/mol. The van der Waals surface area contributed by atoms with Crippen molar-refractivity contribution in [1.29, 1.82) is 0 Å². The number of guanidine groups is 1. The van der Waals surface area contributed by atoms with Crippen LogP contribution < -0.4 is 10.6 Å². The maximum absolute atomic E-state index is 5.79. The lowest BCUT2D eigenvalue weighted by Gasteiger charge is -2.17. The van der Waals surface area contributed by atoms with Gasteiger partial charge in [-0.25, -0.2) is 4.98 Å². The van der Waals surface area contributed by atoms with Crippen molar-refractivity contribution in [3.05, 3.63) is 39.7 Å². The Morgan fingerprint density at radius 2 is 2.08 bits per heavy atom. The van der Waals surface area contributed by atoms with E-state index < -0.39 is 0 Å². The first-order valence-electron chi connectivity index (χ1n) is 8.25. The molecule has 25 heavy (non-hydrogen) atoms. The van der Waals surface area contributed by atoms with Gasteiger partial charge in [0.1, 0.15) is 5.76 Å². The number of halogens is 1. The summed E-state index contributed by atoms with van der Waals surface area (Å²) < 4.78 is 5.79. The van der Waals surface area contributed by atoms with E-state index in [1.165, 1.54) is 9.75 Å². The molecule has 140 valence electrons. The van der Waals surface area contributed by atoms with E-state index in [1.807, 2.05) is 11.3 Å². The maximum atomic E-state index is 5.79. The molecule has 5 nitrogen and oxygen atoms in total. The molecule has 7 heteroatoms. The number of rotatable bonds is 5. The Bertz CT molecular complexity index is 687. The third-order valence-corrected chi connectivity index (χ3v) is 4.63. The molecule has 2 aromatic rings. The van der Waals surface area contributed by atoms with E-state index in [0.29, 0.717) is 18.5 Å². The first-order valence-corrected chi connectivity index (χ1v) is 9.07. The summed E-state index contributed by atoms with van der Waals surface area (Å²) in [6, 6.07) is 4.65. The summed E-state index contributed by atoms with van der Waals surface area (Å²) in [7, 11) is 1.77. The lowest BCUT2D eigenvalue weighted by atomic mass is 9.94. The normalized spacial score (nSPS) is 13.3. The topological polar surface area (TPSA) is 62.5 Å². The molecule has 2 heterocycles. The fraction of sp³-hybridized carbons (Fsp3) is 0.556. The smallest absolute Gasteiger partial charge is 0.213 e. The van der Waals surface area contributed by atoms with Crippen LogP contribution in [0.5, 0.6) is 0 Å². The molecule has 2 rings (SSSR count). The van der Waals surface area contributed by atoms with Gasteiger partial charge in [-0.3, -0.25) is 4.99 Å². The van der Waals surface area contributed by atoms with Gasteiger partial charge in [-0.1, -0.05) is 20.8 Å². The van der Waals surface area contributed by atoms with Crippen LogP contribution in [-0.4, -0.2) is 24.0 Å². The van der Waals surface area contributed by atoms with Crippen LogP contribution in [0.25, 0.3) is 0 Å². The van der Waals surface area contributed by atoms with Crippen LogP contribution in [0.3, 0.4) is 0 Å². The molecule has 0 aromatic carbocycles. The quantitative estimate of drug-likeness (QED) is 0.385. The van der Waals surface area contributed by atoms with Gasteiger partial charge in [0.25, 0.3) is 0 Å². The van der Waals surface area contributed by atoms with Gasteiger partial charge in [0, 0.05) is 34.7 Å². The minimum absolute atomic E-state index is 0. The third kappa shape index (κ3) is 6.97. The minimum atomic E-state index is -0.0292. The highest BCUT2D eigenvalue weighted by molar-refractivity contribution is 14.0. The average Bonchev–Trinajstić information content (AvgIpc) is 3.12. The van der Waals surface area contributed by atoms with Crippen LogP contribution >= 0.6 is 35.3 Å². The highest BCUT2D eigenvalue weighted by Crippen LogP contribution is 2.22. The third-order valence-electron chi connectivity index (χ3n) is 3.61. The second-order valence-electron chi connectivity index (χ2n) is 7.06. The summed E-state index contributed by atoms with van der Waals surface area (Å²) in [4.78, 5) is 11.3. The molecule has 0 aliphatic heterocycles. The molecule has 0 aliphatic carbocycles. The van der Waals surface area contributed by atoms with Gasteiger partial charge < -0.3 is 15.1 Å². The lowest BCUT2D eigenvalue weighted by molar-refractivity contribution is 0.379. The number of oxazole rings is 1. The van der Waals surface area contributed by atoms with E-state index in [0.717, 1.165) is 18.1 Å². The molecular formula is C18H29IN4OS. The second kappa shape index (κ2) is 9.56. The summed E-state index contributed by atoms with van der Waals surface area (Å²) in [6.07, 6.45) is 2.78. The molecule has 0 amide bonds. The zero-order valence-corrected chi connectivity index (χ0v) is 19.0. The van der Waals surface area contributed by atoms with E-state index in [4.69, 9.17) is 4.42 Å². The largest absolute Gasteiger partial charge is 0.443 e. The molecule has 0 aliphatic rings. The van der Waals surface area contributed by atoms with Crippen molar-refractivity contribution in [2.45, 2.75) is 59.0 Å². The fourth-order valence-electron chi connectivity index (χ4n) is 2.27. The minimum Gasteiger partial charge on any atom is -0.443 e. The van der Waals surface area contributed by atoms with Crippen molar-refractivity contribution in [2.75, 3.05) is 7.05 Å². The van der Waals surface area contributed by atoms with Crippen LogP contribution in [0.2, 0.25) is 0 Å². The van der Waals surface area contributed by atoms with Crippen molar-refractivity contribution in [1.82, 2.24) is 15.6 Å². The van der Waals surface area contributed by atoms with Crippen LogP contribution in [0, 0.1) is 6.92 Å². The number of aryl methyl sites for hydroxylation is 1. The molecule has 2 N–H and O–H groups in total. The number of hydrogen-bond acceptors (Lipinski definition) is 4. The zero-order chi connectivity index (χ0) is 17.7. The number of hydrogen-bond donors (Lipinski definition) is 2. The average molecular weight is 476 g/mol. The second-order valence-corrected chi connectivity index (χ2v) is 8.43. The standard InChI is InChI=1S/C18H28N4OS.HI/c1-12(9-14-8-7-13(2)24-14)22-17(19-6)21-11-16-20-10-15(23-16)18(3,4)5;/h7-8,10,12H,9,11H2,1-6H3,(H2,19,21,22);1H. The molecule has 0 saturated heterocycles. The number of nitrogens with zero attached hydrogens (tertiary/aromatic N) is 2. The van der Waals surface area contributed by atoms with Crippen LogP contribution in [0.1, 0.15) is 49.1 Å². The van der Waals surface area contributed by atoms with Crippen molar-refractivity contribution < 1.29 is 4.42 Å². The molecule has 0 fully saturated rings. The number of nitrogens with one attached hydrogen (secondary N) is 2. The SMILES string of the molecule is CN=C(NCc1ncc(C(C)(C)C)o1)NC(C)Cc1ccc(C)s1.I. The van der Waals surface area contributed by atoms with E-state index in [-0.39, 0.29) is 29.4 Å². The fourth-order valence-corrected chi connectivity index (χ4v) is 3.29. The summed E-state index contributed by atoms with van der Waals surface area (Å²) in [6.45, 7) is 11.1. The predicted octanol–water partition coefficient (Wildman–Crippen LogP) is 4.26. The Kier molecular flexibility index (Phi) is 8.40. The van der Waals surface area contributed by atoms with Gasteiger partial charge in [0.2, 0.25) is 5.89 Å². The number of aliphatic imine (C=N–C) groups is 1. The van der Waals surface area contributed by atoms with E-state index in [9.17, 15) is 0 Å². The van der Waals surface area contributed by atoms with E-state index in [1.54, 1.807) is 13.2 Å². The molecule has 0 spiro atoms. The summed E-state index contributed by atoms with van der Waals surface area (Å²) >= 11 is 1.84. The van der Waals surface area contributed by atoms with Gasteiger partial charge in [-0.15, -0.1) is 35.3 Å². The van der Waals surface area contributed by atoms with Crippen molar-refractivity contribution >= 4 is 41.3 Å². The Hall–Kier alpha value is -1.09. The molecule has 0 radical (unpaired) electrons. The lowest BCUT2D eigenvalue weighted by Crippen LogP contribution is -2.42. The zero-order valence-electron chi connectivity index (χ0n) is 15.8. The summed E-state index contributed by atoms with van der Waals surface area (Å²) in [5, 5.41) is 6.67. The molecule has 0 bridgehead atoms. The first kappa shape index (κ1) is 22.0. The van der Waals surface area contributed by atoms with Crippen molar-refractivity contribution in [2.24, 2.45) is 4.99 Å². The number of aromatic nitrogens is 1. The highest BCUT2D eigenvalue weighted by Gasteiger charge is 2.19. The van der Waals surface area contributed by atoms with Gasteiger partial charge in [-0.05, 0) is 26.0 Å². The van der Waals surface area contributed by atoms with Crippen LogP contribution in [0.4, 0.5) is 0 Å². The van der Waals surface area contributed by atoms with Crippen molar-refractivity contribution in [3.63, 3.8) is 0 Å². The van der Waals surface area contributed by atoms with Crippen LogP contribution in [0.15, 0.2) is 27.7 Å². The number of thiophene rings is 1. The van der Waals surface area contributed by atoms with Gasteiger partial charge in [-0.2, -0.15) is 0 Å². The first-order chi connectivity index (χ1) is 11.3. The maximum Gasteiger partial charge on any atom is 0.213 e. The Morgan fingerprint density at radius 3 is 2.60 bits per heavy atom. The molecule has 1 unspecified atom stereocenters. The van der Waals surface area contributed by atoms with Crippen LogP contribution in [-0.2, 0) is 18.4 Å². The van der Waals surface area contributed by atoms with Gasteiger partial charge >= 0.3 is 0 Å². The summed E-state index contributed by atoms with van der Waals surface area (Å²) in [5.74, 6) is 2.32. The molecule has 2 aromatic heterocycles. The Balaban J connectivity index is 0.00000312. The predicted molar refractivity (Wildman–Crippen MR) is 116 cm³/mol. The highest BCUT2D eigenvalue weighted by atomic mass is 127. The van der Waals surface area contributed by atoms with Gasteiger partial charge in [0.15, 0.2) is 5.96 Å². The van der Waals surface area contributed by atoms with E-state index >= 15 is 0 Å². The van der Waals surface area contributed by atoms with E-state index in [2.05, 4.69) is 67.4 Å². The molecule has 0 saturated carbocycles. The van der Waals surface area contributed by atoms with Crippen molar-refractivity contribution in [3.8, 4) is 0 Å².